The number of allylic oxidation sites excluding steroid dienone is 2. The van der Waals surface area contributed by atoms with Crippen LogP contribution in [0, 0.1) is 11.8 Å². The van der Waals surface area contributed by atoms with Crippen LogP contribution in [0.3, 0.4) is 0 Å². The number of ketones is 1. The van der Waals surface area contributed by atoms with Gasteiger partial charge in [-0.1, -0.05) is 34.1 Å². The standard InChI is InChI=1S/C18H31NO3/c1-8-9-14-11-16(20)13(4)15(10-12(2)3)19(14)17(21)22-18(5,6)7/h11-13,15H,8-10H2,1-7H3/t13-,15-/m0/s1. The van der Waals surface area contributed by atoms with Gasteiger partial charge in [0.1, 0.15) is 5.60 Å². The van der Waals surface area contributed by atoms with Crippen molar-refractivity contribution in [3.05, 3.63) is 11.8 Å². The molecule has 0 unspecified atom stereocenters. The van der Waals surface area contributed by atoms with Gasteiger partial charge in [-0.2, -0.15) is 0 Å². The highest BCUT2D eigenvalue weighted by Gasteiger charge is 2.39. The number of amides is 1. The Hall–Kier alpha value is -1.32. The molecule has 0 saturated carbocycles. The largest absolute Gasteiger partial charge is 0.443 e. The number of ether oxygens (including phenoxy) is 1. The molecule has 0 aliphatic carbocycles. The first-order chi connectivity index (χ1) is 10.1. The van der Waals surface area contributed by atoms with Crippen molar-refractivity contribution in [1.82, 2.24) is 4.90 Å². The zero-order valence-electron chi connectivity index (χ0n) is 15.1. The van der Waals surface area contributed by atoms with E-state index in [1.165, 1.54) is 0 Å². The van der Waals surface area contributed by atoms with Crippen molar-refractivity contribution in [1.29, 1.82) is 0 Å². The molecule has 1 heterocycles. The van der Waals surface area contributed by atoms with Crippen LogP contribution in [0.2, 0.25) is 0 Å². The number of rotatable bonds is 4. The second-order valence-corrected chi connectivity index (χ2v) is 7.62. The van der Waals surface area contributed by atoms with Crippen molar-refractivity contribution in [2.24, 2.45) is 11.8 Å². The van der Waals surface area contributed by atoms with Crippen LogP contribution in [0.5, 0.6) is 0 Å². The van der Waals surface area contributed by atoms with Crippen LogP contribution in [0.1, 0.15) is 67.7 Å². The van der Waals surface area contributed by atoms with E-state index in [4.69, 9.17) is 4.74 Å². The van der Waals surface area contributed by atoms with Gasteiger partial charge in [0.05, 0.1) is 0 Å². The quantitative estimate of drug-likeness (QED) is 0.766. The molecule has 4 nitrogen and oxygen atoms in total. The van der Waals surface area contributed by atoms with Gasteiger partial charge in [0.2, 0.25) is 0 Å². The van der Waals surface area contributed by atoms with Gasteiger partial charge in [0.25, 0.3) is 0 Å². The van der Waals surface area contributed by atoms with Crippen molar-refractivity contribution in [2.45, 2.75) is 79.4 Å². The maximum atomic E-state index is 12.7. The Balaban J connectivity index is 3.17. The number of carbonyl (C=O) groups is 2. The molecule has 0 aromatic rings. The first-order valence-corrected chi connectivity index (χ1v) is 8.33. The lowest BCUT2D eigenvalue weighted by Crippen LogP contribution is -2.50. The Kier molecular flexibility index (Phi) is 6.21. The highest BCUT2D eigenvalue weighted by molar-refractivity contribution is 5.95. The van der Waals surface area contributed by atoms with Crippen LogP contribution in [0.15, 0.2) is 11.8 Å². The summed E-state index contributed by atoms with van der Waals surface area (Å²) < 4.78 is 5.58. The van der Waals surface area contributed by atoms with Crippen LogP contribution in [0.25, 0.3) is 0 Å². The molecule has 0 saturated heterocycles. The van der Waals surface area contributed by atoms with E-state index in [1.807, 2.05) is 34.6 Å². The van der Waals surface area contributed by atoms with E-state index >= 15 is 0 Å². The zero-order valence-corrected chi connectivity index (χ0v) is 15.1. The Bertz CT molecular complexity index is 446. The molecule has 0 N–H and O–H groups in total. The van der Waals surface area contributed by atoms with Crippen LogP contribution in [-0.2, 0) is 9.53 Å². The molecule has 0 fully saturated rings. The van der Waals surface area contributed by atoms with E-state index < -0.39 is 5.60 Å². The summed E-state index contributed by atoms with van der Waals surface area (Å²) >= 11 is 0. The van der Waals surface area contributed by atoms with Crippen LogP contribution in [0.4, 0.5) is 4.79 Å². The van der Waals surface area contributed by atoms with E-state index in [1.54, 1.807) is 11.0 Å². The summed E-state index contributed by atoms with van der Waals surface area (Å²) in [6.07, 6.45) is 3.70. The van der Waals surface area contributed by atoms with Crippen LogP contribution < -0.4 is 0 Å². The topological polar surface area (TPSA) is 46.6 Å². The van der Waals surface area contributed by atoms with Gasteiger partial charge >= 0.3 is 6.09 Å². The van der Waals surface area contributed by atoms with Crippen LogP contribution >= 0.6 is 0 Å². The van der Waals surface area contributed by atoms with Gasteiger partial charge < -0.3 is 4.74 Å². The van der Waals surface area contributed by atoms with Gasteiger partial charge in [0.15, 0.2) is 5.78 Å². The molecule has 0 aromatic carbocycles. The minimum Gasteiger partial charge on any atom is -0.443 e. The van der Waals surface area contributed by atoms with Crippen molar-refractivity contribution in [3.63, 3.8) is 0 Å². The maximum Gasteiger partial charge on any atom is 0.414 e. The average Bonchev–Trinajstić information content (AvgIpc) is 2.33. The van der Waals surface area contributed by atoms with Gasteiger partial charge in [-0.3, -0.25) is 9.69 Å². The molecule has 4 heteroatoms. The number of hydrogen-bond donors (Lipinski definition) is 0. The normalized spacial score (nSPS) is 22.8. The Morgan fingerprint density at radius 2 is 1.95 bits per heavy atom. The Morgan fingerprint density at radius 3 is 2.41 bits per heavy atom. The molecular formula is C18H31NO3. The van der Waals surface area contributed by atoms with E-state index in [9.17, 15) is 9.59 Å². The summed E-state index contributed by atoms with van der Waals surface area (Å²) in [6.45, 7) is 13.8. The molecule has 2 atom stereocenters. The highest BCUT2D eigenvalue weighted by atomic mass is 16.6. The summed E-state index contributed by atoms with van der Waals surface area (Å²) in [5.41, 5.74) is 0.257. The average molecular weight is 309 g/mol. The molecule has 0 spiro atoms. The molecule has 0 aromatic heterocycles. The zero-order chi connectivity index (χ0) is 17.1. The minimum atomic E-state index is -0.540. The summed E-state index contributed by atoms with van der Waals surface area (Å²) in [7, 11) is 0. The Labute approximate surface area is 134 Å². The third-order valence-electron chi connectivity index (χ3n) is 3.79. The number of nitrogens with zero attached hydrogens (tertiary/aromatic N) is 1. The summed E-state index contributed by atoms with van der Waals surface area (Å²) in [5.74, 6) is 0.343. The number of hydrogen-bond acceptors (Lipinski definition) is 3. The molecule has 1 rings (SSSR count). The summed E-state index contributed by atoms with van der Waals surface area (Å²) in [4.78, 5) is 26.7. The summed E-state index contributed by atoms with van der Waals surface area (Å²) in [5, 5.41) is 0. The molecule has 0 radical (unpaired) electrons. The van der Waals surface area contributed by atoms with Gasteiger partial charge in [-0.15, -0.1) is 0 Å². The van der Waals surface area contributed by atoms with Crippen LogP contribution in [-0.4, -0.2) is 28.4 Å². The fourth-order valence-electron chi connectivity index (χ4n) is 2.80. The third-order valence-corrected chi connectivity index (χ3v) is 3.79. The molecule has 1 aliphatic rings. The van der Waals surface area contributed by atoms with E-state index in [0.29, 0.717) is 12.3 Å². The van der Waals surface area contributed by atoms with Crippen molar-refractivity contribution < 1.29 is 14.3 Å². The molecule has 22 heavy (non-hydrogen) atoms. The first kappa shape index (κ1) is 18.7. The fraction of sp³-hybridized carbons (Fsp3) is 0.778. The predicted molar refractivity (Wildman–Crippen MR) is 88.5 cm³/mol. The van der Waals surface area contributed by atoms with Crippen molar-refractivity contribution in [3.8, 4) is 0 Å². The highest BCUT2D eigenvalue weighted by Crippen LogP contribution is 2.32. The van der Waals surface area contributed by atoms with E-state index in [-0.39, 0.29) is 23.8 Å². The second-order valence-electron chi connectivity index (χ2n) is 7.62. The second kappa shape index (κ2) is 7.30. The number of carbonyl (C=O) groups excluding carboxylic acids is 2. The lowest BCUT2D eigenvalue weighted by Gasteiger charge is -2.41. The monoisotopic (exact) mass is 309 g/mol. The van der Waals surface area contributed by atoms with Crippen molar-refractivity contribution in [2.75, 3.05) is 0 Å². The summed E-state index contributed by atoms with van der Waals surface area (Å²) in [6, 6.07) is -0.117. The minimum absolute atomic E-state index is 0.117. The lowest BCUT2D eigenvalue weighted by molar-refractivity contribution is -0.120. The lowest BCUT2D eigenvalue weighted by atomic mass is 9.85. The van der Waals surface area contributed by atoms with Gasteiger partial charge in [-0.25, -0.2) is 4.79 Å². The maximum absolute atomic E-state index is 12.7. The molecular weight excluding hydrogens is 278 g/mol. The molecule has 126 valence electrons. The molecule has 1 aliphatic heterocycles. The predicted octanol–water partition coefficient (Wildman–Crippen LogP) is 4.54. The first-order valence-electron chi connectivity index (χ1n) is 8.33. The molecule has 0 bridgehead atoms. The third kappa shape index (κ3) is 4.85. The van der Waals surface area contributed by atoms with E-state index in [0.717, 1.165) is 18.5 Å². The van der Waals surface area contributed by atoms with Gasteiger partial charge in [0, 0.05) is 23.7 Å². The smallest absolute Gasteiger partial charge is 0.414 e. The SMILES string of the molecule is CCCC1=CC(=O)[C@@H](C)[C@H](CC(C)C)N1C(=O)OC(C)(C)C. The Morgan fingerprint density at radius 1 is 1.36 bits per heavy atom. The van der Waals surface area contributed by atoms with E-state index in [2.05, 4.69) is 13.8 Å². The van der Waals surface area contributed by atoms with Gasteiger partial charge in [-0.05, 0) is 39.5 Å². The fourth-order valence-corrected chi connectivity index (χ4v) is 2.80. The van der Waals surface area contributed by atoms with Crippen molar-refractivity contribution >= 4 is 11.9 Å². The molecule has 1 amide bonds.